The highest BCUT2D eigenvalue weighted by molar-refractivity contribution is 5.93. The Balaban J connectivity index is 1.62. The molecule has 0 unspecified atom stereocenters. The zero-order valence-corrected chi connectivity index (χ0v) is 14.2. The maximum atomic E-state index is 12.5. The highest BCUT2D eigenvalue weighted by Gasteiger charge is 2.50. The molecule has 130 valence electrons. The predicted molar refractivity (Wildman–Crippen MR) is 91.6 cm³/mol. The number of anilines is 1. The molecule has 0 aromatic heterocycles. The third-order valence-electron chi connectivity index (χ3n) is 5.03. The monoisotopic (exact) mass is 331 g/mol. The third kappa shape index (κ3) is 3.24. The summed E-state index contributed by atoms with van der Waals surface area (Å²) in [5.74, 6) is -0.0290. The molecule has 1 spiro atoms. The Morgan fingerprint density at radius 1 is 1.25 bits per heavy atom. The van der Waals surface area contributed by atoms with Gasteiger partial charge < -0.3 is 19.9 Å². The molecule has 1 aromatic carbocycles. The number of nitrogens with zero attached hydrogens (tertiary/aromatic N) is 2. The summed E-state index contributed by atoms with van der Waals surface area (Å²) < 4.78 is 4.98. The number of benzene rings is 1. The number of nitrogens with one attached hydrogen (secondary N) is 1. The van der Waals surface area contributed by atoms with Crippen molar-refractivity contribution in [3.05, 3.63) is 30.3 Å². The Kier molecular flexibility index (Phi) is 5.04. The first-order chi connectivity index (χ1) is 11.7. The molecule has 2 aliphatic rings. The van der Waals surface area contributed by atoms with Crippen LogP contribution in [0.1, 0.15) is 26.2 Å². The molecule has 0 radical (unpaired) electrons. The largest absolute Gasteiger partial charge is 0.466 e. The number of rotatable bonds is 5. The van der Waals surface area contributed by atoms with Gasteiger partial charge >= 0.3 is 5.97 Å². The van der Waals surface area contributed by atoms with Gasteiger partial charge in [-0.05, 0) is 31.9 Å². The van der Waals surface area contributed by atoms with Crippen LogP contribution >= 0.6 is 0 Å². The molecule has 3 rings (SSSR count). The molecule has 6 nitrogen and oxygen atoms in total. The number of hydrogen-bond donors (Lipinski definition) is 1. The predicted octanol–water partition coefficient (Wildman–Crippen LogP) is 1.37. The van der Waals surface area contributed by atoms with E-state index in [1.54, 1.807) is 0 Å². The second-order valence-corrected chi connectivity index (χ2v) is 6.36. The molecule has 24 heavy (non-hydrogen) atoms. The van der Waals surface area contributed by atoms with E-state index in [1.165, 1.54) is 0 Å². The molecule has 0 aliphatic carbocycles. The van der Waals surface area contributed by atoms with Gasteiger partial charge in [-0.3, -0.25) is 9.59 Å². The van der Waals surface area contributed by atoms with Crippen molar-refractivity contribution in [2.24, 2.45) is 0 Å². The smallest absolute Gasteiger partial charge is 0.307 e. The number of esters is 1. The Bertz CT molecular complexity index is 582. The molecule has 2 aliphatic heterocycles. The van der Waals surface area contributed by atoms with E-state index in [4.69, 9.17) is 4.74 Å². The number of likely N-dealkylation sites (tertiary alicyclic amines) is 1. The lowest BCUT2D eigenvalue weighted by molar-refractivity contribution is -0.143. The van der Waals surface area contributed by atoms with Crippen LogP contribution in [0.4, 0.5) is 5.69 Å². The fraction of sp³-hybridized carbons (Fsp3) is 0.556. The number of carbonyl (C=O) groups excluding carboxylic acids is 2. The molecule has 0 bridgehead atoms. The molecular weight excluding hydrogens is 306 g/mol. The van der Waals surface area contributed by atoms with E-state index in [9.17, 15) is 9.59 Å². The summed E-state index contributed by atoms with van der Waals surface area (Å²) in [6.07, 6.45) is 1.96. The first kappa shape index (κ1) is 16.8. The number of amides is 1. The fourth-order valence-electron chi connectivity index (χ4n) is 3.66. The second kappa shape index (κ2) is 7.21. The van der Waals surface area contributed by atoms with Crippen LogP contribution in [0.15, 0.2) is 30.3 Å². The van der Waals surface area contributed by atoms with Crippen LogP contribution in [-0.4, -0.2) is 55.2 Å². The van der Waals surface area contributed by atoms with Gasteiger partial charge in [-0.25, -0.2) is 0 Å². The van der Waals surface area contributed by atoms with Crippen LogP contribution in [0, 0.1) is 0 Å². The summed E-state index contributed by atoms with van der Waals surface area (Å²) in [4.78, 5) is 28.5. The highest BCUT2D eigenvalue weighted by Crippen LogP contribution is 2.36. The van der Waals surface area contributed by atoms with Gasteiger partial charge in [-0.1, -0.05) is 18.2 Å². The average molecular weight is 331 g/mol. The van der Waals surface area contributed by atoms with Gasteiger partial charge in [-0.2, -0.15) is 0 Å². The van der Waals surface area contributed by atoms with E-state index in [0.717, 1.165) is 31.6 Å². The number of carbonyl (C=O) groups is 2. The van der Waals surface area contributed by atoms with Crippen molar-refractivity contribution in [2.45, 2.75) is 31.7 Å². The van der Waals surface area contributed by atoms with Gasteiger partial charge in [0, 0.05) is 25.3 Å². The summed E-state index contributed by atoms with van der Waals surface area (Å²) in [5.41, 5.74) is 0.623. The summed E-state index contributed by atoms with van der Waals surface area (Å²) in [7, 11) is 0. The zero-order valence-electron chi connectivity index (χ0n) is 14.2. The number of ether oxygens (including phenoxy) is 1. The van der Waals surface area contributed by atoms with Gasteiger partial charge in [0.15, 0.2) is 0 Å². The van der Waals surface area contributed by atoms with Crippen molar-refractivity contribution >= 4 is 17.6 Å². The van der Waals surface area contributed by atoms with Crippen molar-refractivity contribution in [1.82, 2.24) is 10.2 Å². The van der Waals surface area contributed by atoms with E-state index in [2.05, 4.69) is 27.2 Å². The summed E-state index contributed by atoms with van der Waals surface area (Å²) in [6.45, 7) is 5.13. The SMILES string of the molecule is CCOC(=O)CCN1CCC2(CC1)C(=O)NCN2c1ccccc1. The quantitative estimate of drug-likeness (QED) is 0.826. The van der Waals surface area contributed by atoms with Crippen molar-refractivity contribution in [2.75, 3.05) is 37.8 Å². The van der Waals surface area contributed by atoms with Crippen LogP contribution in [0.3, 0.4) is 0 Å². The van der Waals surface area contributed by atoms with Crippen molar-refractivity contribution < 1.29 is 14.3 Å². The first-order valence-electron chi connectivity index (χ1n) is 8.65. The van der Waals surface area contributed by atoms with Crippen molar-refractivity contribution in [3.63, 3.8) is 0 Å². The number of para-hydroxylation sites is 1. The van der Waals surface area contributed by atoms with Crippen LogP contribution in [0.5, 0.6) is 0 Å². The summed E-state index contributed by atoms with van der Waals surface area (Å²) in [5, 5.41) is 3.00. The average Bonchev–Trinajstić information content (AvgIpc) is 2.92. The highest BCUT2D eigenvalue weighted by atomic mass is 16.5. The minimum absolute atomic E-state index is 0.122. The zero-order chi connectivity index (χ0) is 17.0. The normalized spacial score (nSPS) is 20.2. The number of piperidine rings is 1. The maximum Gasteiger partial charge on any atom is 0.307 e. The standard InChI is InChI=1S/C18H25N3O3/c1-2-24-16(22)8-11-20-12-9-18(10-13-20)17(23)19-14-21(18)15-6-4-3-5-7-15/h3-7H,2,8-14H2,1H3,(H,19,23). The van der Waals surface area contributed by atoms with Crippen LogP contribution < -0.4 is 10.2 Å². The Labute approximate surface area is 142 Å². The molecule has 1 amide bonds. The molecule has 1 N–H and O–H groups in total. The molecule has 2 heterocycles. The number of hydrogen-bond acceptors (Lipinski definition) is 5. The Morgan fingerprint density at radius 2 is 1.96 bits per heavy atom. The van der Waals surface area contributed by atoms with Crippen LogP contribution in [0.2, 0.25) is 0 Å². The lowest BCUT2D eigenvalue weighted by atomic mass is 9.85. The Hall–Kier alpha value is -2.08. The van der Waals surface area contributed by atoms with Crippen molar-refractivity contribution in [3.8, 4) is 0 Å². The van der Waals surface area contributed by atoms with Crippen LogP contribution in [0.25, 0.3) is 0 Å². The topological polar surface area (TPSA) is 61.9 Å². The molecule has 2 saturated heterocycles. The van der Waals surface area contributed by atoms with Gasteiger partial charge in [0.25, 0.3) is 0 Å². The van der Waals surface area contributed by atoms with E-state index < -0.39 is 5.54 Å². The van der Waals surface area contributed by atoms with E-state index in [1.807, 2.05) is 25.1 Å². The van der Waals surface area contributed by atoms with E-state index >= 15 is 0 Å². The van der Waals surface area contributed by atoms with E-state index in [0.29, 0.717) is 26.2 Å². The first-order valence-corrected chi connectivity index (χ1v) is 8.65. The minimum atomic E-state index is -0.457. The summed E-state index contributed by atoms with van der Waals surface area (Å²) in [6, 6.07) is 10.1. The van der Waals surface area contributed by atoms with Crippen molar-refractivity contribution in [1.29, 1.82) is 0 Å². The van der Waals surface area contributed by atoms with Gasteiger partial charge in [0.05, 0.1) is 19.7 Å². The molecule has 1 aromatic rings. The maximum absolute atomic E-state index is 12.5. The van der Waals surface area contributed by atoms with Gasteiger partial charge in [-0.15, -0.1) is 0 Å². The fourth-order valence-corrected chi connectivity index (χ4v) is 3.66. The summed E-state index contributed by atoms with van der Waals surface area (Å²) >= 11 is 0. The molecule has 0 atom stereocenters. The second-order valence-electron chi connectivity index (χ2n) is 6.36. The minimum Gasteiger partial charge on any atom is -0.466 e. The van der Waals surface area contributed by atoms with E-state index in [-0.39, 0.29) is 11.9 Å². The molecule has 6 heteroatoms. The molecule has 0 saturated carbocycles. The third-order valence-corrected chi connectivity index (χ3v) is 5.03. The molecule has 2 fully saturated rings. The lowest BCUT2D eigenvalue weighted by Gasteiger charge is -2.43. The van der Waals surface area contributed by atoms with Crippen LogP contribution in [-0.2, 0) is 14.3 Å². The van der Waals surface area contributed by atoms with Gasteiger partial charge in [0.1, 0.15) is 5.54 Å². The van der Waals surface area contributed by atoms with Gasteiger partial charge in [0.2, 0.25) is 5.91 Å². The molecular formula is C18H25N3O3. The lowest BCUT2D eigenvalue weighted by Crippen LogP contribution is -2.56. The Morgan fingerprint density at radius 3 is 2.62 bits per heavy atom.